The second-order valence-electron chi connectivity index (χ2n) is 6.09. The number of amides is 2. The summed E-state index contributed by atoms with van der Waals surface area (Å²) in [5.41, 5.74) is 2.03. The summed E-state index contributed by atoms with van der Waals surface area (Å²) in [4.78, 5) is 30.6. The third kappa shape index (κ3) is 4.87. The number of benzene rings is 1. The molecule has 0 radical (unpaired) electrons. The van der Waals surface area contributed by atoms with E-state index in [-0.39, 0.29) is 18.2 Å². The van der Waals surface area contributed by atoms with Gasteiger partial charge in [-0.1, -0.05) is 36.4 Å². The molecule has 6 nitrogen and oxygen atoms in total. The van der Waals surface area contributed by atoms with Crippen molar-refractivity contribution < 1.29 is 9.59 Å². The Hall–Kier alpha value is -2.73. The van der Waals surface area contributed by atoms with E-state index in [1.807, 2.05) is 47.4 Å². The number of carbonyl (C=O) groups excluding carboxylic acids is 2. The third-order valence-corrected chi connectivity index (χ3v) is 4.20. The Labute approximate surface area is 147 Å². The minimum Gasteiger partial charge on any atom is -0.352 e. The number of rotatable bonds is 6. The first-order chi connectivity index (χ1) is 12.2. The van der Waals surface area contributed by atoms with E-state index >= 15 is 0 Å². The Kier molecular flexibility index (Phi) is 5.74. The molecule has 0 aliphatic carbocycles. The Morgan fingerprint density at radius 3 is 2.76 bits per heavy atom. The number of carbonyl (C=O) groups is 2. The van der Waals surface area contributed by atoms with Crippen molar-refractivity contribution in [3.8, 4) is 0 Å². The molecule has 1 fully saturated rings. The summed E-state index contributed by atoms with van der Waals surface area (Å²) in [6.07, 6.45) is 3.55. The maximum atomic E-state index is 12.6. The molecule has 25 heavy (non-hydrogen) atoms. The zero-order valence-corrected chi connectivity index (χ0v) is 14.0. The van der Waals surface area contributed by atoms with Crippen molar-refractivity contribution in [1.82, 2.24) is 20.5 Å². The number of hydrogen-bond acceptors (Lipinski definition) is 4. The van der Waals surface area contributed by atoms with Crippen LogP contribution in [-0.2, 0) is 22.7 Å². The van der Waals surface area contributed by atoms with E-state index in [0.717, 1.165) is 11.1 Å². The van der Waals surface area contributed by atoms with Gasteiger partial charge in [0.2, 0.25) is 11.8 Å². The van der Waals surface area contributed by atoms with E-state index in [4.69, 9.17) is 0 Å². The number of nitrogens with zero attached hydrogens (tertiary/aromatic N) is 2. The number of piperazine rings is 1. The van der Waals surface area contributed by atoms with E-state index in [1.54, 1.807) is 12.4 Å². The maximum Gasteiger partial charge on any atom is 0.240 e. The molecule has 0 spiro atoms. The molecular weight excluding hydrogens is 316 g/mol. The van der Waals surface area contributed by atoms with Gasteiger partial charge in [-0.3, -0.25) is 14.6 Å². The average molecular weight is 338 g/mol. The van der Waals surface area contributed by atoms with Gasteiger partial charge in [0.1, 0.15) is 0 Å². The Balaban J connectivity index is 1.51. The second-order valence-corrected chi connectivity index (χ2v) is 6.09. The number of nitrogens with one attached hydrogen (secondary N) is 2. The van der Waals surface area contributed by atoms with Gasteiger partial charge in [-0.25, -0.2) is 0 Å². The summed E-state index contributed by atoms with van der Waals surface area (Å²) in [6, 6.07) is 13.2. The predicted molar refractivity (Wildman–Crippen MR) is 94.4 cm³/mol. The van der Waals surface area contributed by atoms with Crippen LogP contribution in [0.5, 0.6) is 0 Å². The molecule has 130 valence electrons. The average Bonchev–Trinajstić information content (AvgIpc) is 2.65. The lowest BCUT2D eigenvalue weighted by atomic mass is 10.1. The van der Waals surface area contributed by atoms with Crippen molar-refractivity contribution in [1.29, 1.82) is 0 Å². The summed E-state index contributed by atoms with van der Waals surface area (Å²) in [7, 11) is 0. The van der Waals surface area contributed by atoms with Gasteiger partial charge in [0.05, 0.1) is 12.5 Å². The predicted octanol–water partition coefficient (Wildman–Crippen LogP) is 1.09. The fourth-order valence-corrected chi connectivity index (χ4v) is 2.87. The van der Waals surface area contributed by atoms with Gasteiger partial charge < -0.3 is 15.5 Å². The standard InChI is InChI=1S/C19H22N4O2/c24-18(22-13-16-7-4-8-20-12-16)11-17-19(25)23(10-9-21-17)14-15-5-2-1-3-6-15/h1-8,12,17,21H,9-11,13-14H2,(H,22,24). The van der Waals surface area contributed by atoms with E-state index < -0.39 is 6.04 Å². The van der Waals surface area contributed by atoms with Crippen LogP contribution in [0.1, 0.15) is 17.5 Å². The van der Waals surface area contributed by atoms with Crippen LogP contribution >= 0.6 is 0 Å². The lowest BCUT2D eigenvalue weighted by Crippen LogP contribution is -2.55. The molecule has 1 unspecified atom stereocenters. The lowest BCUT2D eigenvalue weighted by Gasteiger charge is -2.33. The van der Waals surface area contributed by atoms with Crippen LogP contribution < -0.4 is 10.6 Å². The highest BCUT2D eigenvalue weighted by molar-refractivity contribution is 5.88. The largest absolute Gasteiger partial charge is 0.352 e. The monoisotopic (exact) mass is 338 g/mol. The van der Waals surface area contributed by atoms with Crippen molar-refractivity contribution in [2.75, 3.05) is 13.1 Å². The Bertz CT molecular complexity index is 706. The number of aromatic nitrogens is 1. The van der Waals surface area contributed by atoms with Crippen LogP contribution in [0.4, 0.5) is 0 Å². The zero-order valence-electron chi connectivity index (χ0n) is 14.0. The SMILES string of the molecule is O=C(CC1NCCN(Cc2ccccc2)C1=O)NCc1cccnc1. The molecule has 1 aromatic heterocycles. The molecule has 1 saturated heterocycles. The topological polar surface area (TPSA) is 74.3 Å². The van der Waals surface area contributed by atoms with Gasteiger partial charge >= 0.3 is 0 Å². The molecule has 2 aromatic rings. The van der Waals surface area contributed by atoms with Gasteiger partial charge in [-0.2, -0.15) is 0 Å². The smallest absolute Gasteiger partial charge is 0.240 e. The highest BCUT2D eigenvalue weighted by Crippen LogP contribution is 2.10. The van der Waals surface area contributed by atoms with E-state index in [0.29, 0.717) is 26.2 Å². The summed E-state index contributed by atoms with van der Waals surface area (Å²) in [5, 5.41) is 5.99. The maximum absolute atomic E-state index is 12.6. The number of pyridine rings is 1. The third-order valence-electron chi connectivity index (χ3n) is 4.20. The molecule has 2 heterocycles. The van der Waals surface area contributed by atoms with Gasteiger partial charge in [-0.05, 0) is 17.2 Å². The molecule has 1 atom stereocenters. The lowest BCUT2D eigenvalue weighted by molar-refractivity contribution is -0.138. The highest BCUT2D eigenvalue weighted by atomic mass is 16.2. The number of hydrogen-bond donors (Lipinski definition) is 2. The second kappa shape index (κ2) is 8.39. The molecule has 1 aliphatic heterocycles. The molecule has 2 N–H and O–H groups in total. The van der Waals surface area contributed by atoms with Crippen molar-refractivity contribution in [3.63, 3.8) is 0 Å². The Morgan fingerprint density at radius 2 is 2.00 bits per heavy atom. The first-order valence-electron chi connectivity index (χ1n) is 8.44. The van der Waals surface area contributed by atoms with Crippen LogP contribution in [0.2, 0.25) is 0 Å². The fourth-order valence-electron chi connectivity index (χ4n) is 2.87. The minimum atomic E-state index is -0.466. The Morgan fingerprint density at radius 1 is 1.20 bits per heavy atom. The van der Waals surface area contributed by atoms with Crippen molar-refractivity contribution in [3.05, 3.63) is 66.0 Å². The van der Waals surface area contributed by atoms with Crippen molar-refractivity contribution in [2.45, 2.75) is 25.6 Å². The van der Waals surface area contributed by atoms with Crippen molar-refractivity contribution in [2.24, 2.45) is 0 Å². The summed E-state index contributed by atoms with van der Waals surface area (Å²) in [5.74, 6) is -0.164. The van der Waals surface area contributed by atoms with E-state index in [1.165, 1.54) is 0 Å². The molecule has 0 saturated carbocycles. The molecule has 0 bridgehead atoms. The molecule has 6 heteroatoms. The normalized spacial score (nSPS) is 17.4. The van der Waals surface area contributed by atoms with Crippen LogP contribution in [0, 0.1) is 0 Å². The molecular formula is C19H22N4O2. The summed E-state index contributed by atoms with van der Waals surface area (Å²) < 4.78 is 0. The van der Waals surface area contributed by atoms with Crippen LogP contribution in [0.15, 0.2) is 54.9 Å². The molecule has 3 rings (SSSR count). The van der Waals surface area contributed by atoms with Gasteiger partial charge in [0.25, 0.3) is 0 Å². The van der Waals surface area contributed by atoms with E-state index in [2.05, 4.69) is 15.6 Å². The molecule has 2 amide bonds. The van der Waals surface area contributed by atoms with Crippen LogP contribution in [0.3, 0.4) is 0 Å². The molecule has 1 aromatic carbocycles. The quantitative estimate of drug-likeness (QED) is 0.827. The fraction of sp³-hybridized carbons (Fsp3) is 0.316. The van der Waals surface area contributed by atoms with Gasteiger partial charge in [-0.15, -0.1) is 0 Å². The van der Waals surface area contributed by atoms with Crippen LogP contribution in [-0.4, -0.2) is 40.8 Å². The van der Waals surface area contributed by atoms with Crippen molar-refractivity contribution >= 4 is 11.8 Å². The molecule has 1 aliphatic rings. The minimum absolute atomic E-state index is 0.0216. The highest BCUT2D eigenvalue weighted by Gasteiger charge is 2.29. The van der Waals surface area contributed by atoms with Crippen LogP contribution in [0.25, 0.3) is 0 Å². The van der Waals surface area contributed by atoms with Gasteiger partial charge in [0, 0.05) is 38.6 Å². The zero-order chi connectivity index (χ0) is 17.5. The summed E-state index contributed by atoms with van der Waals surface area (Å²) >= 11 is 0. The van der Waals surface area contributed by atoms with E-state index in [9.17, 15) is 9.59 Å². The summed E-state index contributed by atoms with van der Waals surface area (Å²) in [6.45, 7) is 2.34. The first-order valence-corrected chi connectivity index (χ1v) is 8.44. The van der Waals surface area contributed by atoms with Gasteiger partial charge in [0.15, 0.2) is 0 Å². The first kappa shape index (κ1) is 17.1.